The SMILES string of the molecule is [2H]C(COP(=O)(O)OP(=O)(O)O)C(=C)C. The Morgan fingerprint density at radius 3 is 2.36 bits per heavy atom. The topological polar surface area (TPSA) is 113 Å². The van der Waals surface area contributed by atoms with E-state index < -0.39 is 28.6 Å². The minimum absolute atomic E-state index is 0.381. The number of phosphoric acid groups is 2. The second-order valence-corrected chi connectivity index (χ2v) is 5.22. The minimum Gasteiger partial charge on any atom is -0.302 e. The van der Waals surface area contributed by atoms with Crippen molar-refractivity contribution in [2.45, 2.75) is 13.3 Å². The molecule has 0 amide bonds. The maximum atomic E-state index is 10.9. The molecule has 0 aromatic rings. The standard InChI is InChI=1S/C5H12O7P2/c1-5(2)3-4-11-14(9,10)12-13(6,7)8/h1,3-4H2,2H3,(H,9,10)(H2,6,7,8)/i3D. The van der Waals surface area contributed by atoms with E-state index in [-0.39, 0.29) is 0 Å². The van der Waals surface area contributed by atoms with Crippen molar-refractivity contribution in [2.75, 3.05) is 6.61 Å². The van der Waals surface area contributed by atoms with Gasteiger partial charge in [-0.15, -0.1) is 6.58 Å². The molecule has 0 spiro atoms. The molecule has 0 bridgehead atoms. The van der Waals surface area contributed by atoms with Crippen LogP contribution in [0, 0.1) is 0 Å². The maximum absolute atomic E-state index is 10.9. The minimum atomic E-state index is -5.09. The lowest BCUT2D eigenvalue weighted by Crippen LogP contribution is -1.96. The third-order valence-corrected chi connectivity index (χ3v) is 3.03. The quantitative estimate of drug-likeness (QED) is 0.477. The Labute approximate surface area is 82.6 Å². The van der Waals surface area contributed by atoms with Crippen LogP contribution < -0.4 is 0 Å². The number of hydrogen-bond donors (Lipinski definition) is 3. The summed E-state index contributed by atoms with van der Waals surface area (Å²) in [6.45, 7) is 4.37. The van der Waals surface area contributed by atoms with Gasteiger partial charge in [-0.1, -0.05) is 5.57 Å². The van der Waals surface area contributed by atoms with Gasteiger partial charge in [-0.05, 0) is 13.3 Å². The van der Waals surface area contributed by atoms with E-state index in [0.717, 1.165) is 0 Å². The van der Waals surface area contributed by atoms with Crippen LogP contribution in [0.25, 0.3) is 0 Å². The fourth-order valence-corrected chi connectivity index (χ4v) is 1.96. The first-order valence-electron chi connectivity index (χ1n) is 3.93. The highest BCUT2D eigenvalue weighted by molar-refractivity contribution is 7.60. The fourth-order valence-electron chi connectivity index (χ4n) is 0.432. The fraction of sp³-hybridized carbons (Fsp3) is 0.600. The summed E-state index contributed by atoms with van der Waals surface area (Å²) in [7, 11) is -9.92. The van der Waals surface area contributed by atoms with Crippen molar-refractivity contribution in [1.29, 1.82) is 0 Å². The summed E-state index contributed by atoms with van der Waals surface area (Å²) < 4.78 is 36.0. The van der Waals surface area contributed by atoms with Crippen molar-refractivity contribution in [2.24, 2.45) is 0 Å². The van der Waals surface area contributed by atoms with Crippen molar-refractivity contribution in [3.05, 3.63) is 12.2 Å². The molecule has 2 unspecified atom stereocenters. The van der Waals surface area contributed by atoms with Crippen molar-refractivity contribution in [3.63, 3.8) is 0 Å². The smallest absolute Gasteiger partial charge is 0.302 e. The van der Waals surface area contributed by atoms with E-state index in [4.69, 9.17) is 16.1 Å². The molecule has 0 aromatic carbocycles. The van der Waals surface area contributed by atoms with Gasteiger partial charge < -0.3 is 14.7 Å². The molecule has 7 nitrogen and oxygen atoms in total. The van der Waals surface area contributed by atoms with Gasteiger partial charge in [-0.3, -0.25) is 4.52 Å². The molecule has 0 rings (SSSR count). The summed E-state index contributed by atoms with van der Waals surface area (Å²) in [5.41, 5.74) is 0.381. The molecule has 9 heteroatoms. The summed E-state index contributed by atoms with van der Waals surface area (Å²) in [6.07, 6.45) is -0.967. The summed E-state index contributed by atoms with van der Waals surface area (Å²) >= 11 is 0. The van der Waals surface area contributed by atoms with Crippen LogP contribution in [0.4, 0.5) is 0 Å². The van der Waals surface area contributed by atoms with E-state index in [9.17, 15) is 9.13 Å². The Hall–Kier alpha value is 0.0000000000000000555. The van der Waals surface area contributed by atoms with E-state index in [0.29, 0.717) is 5.57 Å². The van der Waals surface area contributed by atoms with E-state index in [2.05, 4.69) is 15.4 Å². The molecule has 0 heterocycles. The lowest BCUT2D eigenvalue weighted by molar-refractivity contribution is 0.180. The van der Waals surface area contributed by atoms with Gasteiger partial charge in [0.1, 0.15) is 0 Å². The van der Waals surface area contributed by atoms with Crippen LogP contribution in [0.1, 0.15) is 14.7 Å². The zero-order valence-electron chi connectivity index (χ0n) is 8.36. The highest BCUT2D eigenvalue weighted by Gasteiger charge is 2.31. The Morgan fingerprint density at radius 2 is 2.00 bits per heavy atom. The molecule has 2 atom stereocenters. The van der Waals surface area contributed by atoms with Crippen molar-refractivity contribution >= 4 is 15.6 Å². The molecule has 0 aliphatic heterocycles. The number of rotatable bonds is 6. The van der Waals surface area contributed by atoms with Crippen molar-refractivity contribution < 1.29 is 34.0 Å². The molecular weight excluding hydrogens is 234 g/mol. The summed E-state index contributed by atoms with van der Waals surface area (Å²) in [6, 6.07) is 0. The van der Waals surface area contributed by atoms with Gasteiger partial charge >= 0.3 is 15.6 Å². The van der Waals surface area contributed by atoms with E-state index in [1.165, 1.54) is 6.92 Å². The second kappa shape index (κ2) is 5.19. The summed E-state index contributed by atoms with van der Waals surface area (Å²) in [5, 5.41) is 0. The van der Waals surface area contributed by atoms with Gasteiger partial charge in [0.2, 0.25) is 0 Å². The maximum Gasteiger partial charge on any atom is 0.481 e. The first kappa shape index (κ1) is 12.1. The molecule has 0 saturated carbocycles. The van der Waals surface area contributed by atoms with Crippen LogP contribution in [-0.2, 0) is 18.0 Å². The normalized spacial score (nSPS) is 19.6. The molecule has 0 aromatic heterocycles. The third kappa shape index (κ3) is 8.59. The number of hydrogen-bond acceptors (Lipinski definition) is 4. The van der Waals surface area contributed by atoms with E-state index in [1.807, 2.05) is 0 Å². The van der Waals surface area contributed by atoms with Crippen LogP contribution in [0.3, 0.4) is 0 Å². The van der Waals surface area contributed by atoms with Crippen LogP contribution in [0.15, 0.2) is 12.2 Å². The zero-order chi connectivity index (χ0) is 12.3. The molecule has 0 radical (unpaired) electrons. The molecule has 0 saturated heterocycles. The molecule has 0 aliphatic rings. The first-order chi connectivity index (χ1) is 6.53. The Morgan fingerprint density at radius 1 is 1.50 bits per heavy atom. The highest BCUT2D eigenvalue weighted by Crippen LogP contribution is 2.57. The van der Waals surface area contributed by atoms with Crippen LogP contribution >= 0.6 is 15.6 Å². The first-order valence-corrected chi connectivity index (χ1v) is 6.38. The predicted molar refractivity (Wildman–Crippen MR) is 48.3 cm³/mol. The number of phosphoric ester groups is 1. The van der Waals surface area contributed by atoms with Gasteiger partial charge in [0.25, 0.3) is 0 Å². The van der Waals surface area contributed by atoms with Gasteiger partial charge in [0.15, 0.2) is 0 Å². The van der Waals surface area contributed by atoms with E-state index >= 15 is 0 Å². The zero-order valence-corrected chi connectivity index (χ0v) is 9.15. The second-order valence-electron chi connectivity index (χ2n) is 2.39. The van der Waals surface area contributed by atoms with Gasteiger partial charge in [0.05, 0.1) is 6.61 Å². The average Bonchev–Trinajstić information content (AvgIpc) is 1.95. The van der Waals surface area contributed by atoms with Gasteiger partial charge in [0, 0.05) is 1.37 Å². The monoisotopic (exact) mass is 247 g/mol. The Balaban J connectivity index is 4.23. The van der Waals surface area contributed by atoms with E-state index in [1.54, 1.807) is 0 Å². The molecule has 0 aliphatic carbocycles. The molecule has 14 heavy (non-hydrogen) atoms. The predicted octanol–water partition coefficient (Wildman–Crippen LogP) is 1.18. The summed E-state index contributed by atoms with van der Waals surface area (Å²) in [4.78, 5) is 25.3. The Kier molecular flexibility index (Phi) is 4.47. The molecular formula is C5H12O7P2. The molecule has 3 N–H and O–H groups in total. The summed E-state index contributed by atoms with van der Waals surface area (Å²) in [5.74, 6) is 0. The third-order valence-electron chi connectivity index (χ3n) is 0.879. The largest absolute Gasteiger partial charge is 0.481 e. The molecule has 0 fully saturated rings. The molecule has 84 valence electrons. The van der Waals surface area contributed by atoms with Gasteiger partial charge in [-0.2, -0.15) is 4.31 Å². The average molecular weight is 247 g/mol. The lowest BCUT2D eigenvalue weighted by Gasteiger charge is -2.11. The van der Waals surface area contributed by atoms with Gasteiger partial charge in [-0.25, -0.2) is 9.13 Å². The van der Waals surface area contributed by atoms with Crippen LogP contribution in [0.2, 0.25) is 0 Å². The van der Waals surface area contributed by atoms with Crippen LogP contribution in [-0.4, -0.2) is 21.3 Å². The van der Waals surface area contributed by atoms with Crippen molar-refractivity contribution in [1.82, 2.24) is 0 Å². The van der Waals surface area contributed by atoms with Crippen molar-refractivity contribution in [3.8, 4) is 0 Å². The highest BCUT2D eigenvalue weighted by atomic mass is 31.3. The van der Waals surface area contributed by atoms with Crippen LogP contribution in [0.5, 0.6) is 0 Å². The lowest BCUT2D eigenvalue weighted by atomic mass is 10.3. The Bertz CT molecular complexity index is 323.